The SMILES string of the molecule is C[C@H](NP(=O)(OCC1(N=[N+]=[N-])O[C@@H](n2cnc3c(=O)[nH]cnc32)[C@H](O)[C@@H]1O)Oc1cccc2ccccc12)C(=O)OCc1ccccc1. The fraction of sp³-hybridized carbons (Fsp3) is 0.267. The van der Waals surface area contributed by atoms with Crippen LogP contribution in [-0.2, 0) is 30.0 Å². The first-order chi connectivity index (χ1) is 23.1. The second kappa shape index (κ2) is 13.5. The van der Waals surface area contributed by atoms with Crippen LogP contribution in [0.1, 0.15) is 18.7 Å². The Balaban J connectivity index is 1.29. The molecule has 5 aromatic rings. The molecule has 1 saturated heterocycles. The van der Waals surface area contributed by atoms with Gasteiger partial charge in [-0.05, 0) is 29.5 Å². The van der Waals surface area contributed by atoms with E-state index in [1.54, 1.807) is 48.5 Å². The van der Waals surface area contributed by atoms with Gasteiger partial charge in [0.1, 0.15) is 30.6 Å². The van der Waals surface area contributed by atoms with Crippen LogP contribution in [0.25, 0.3) is 32.4 Å². The molecular weight excluding hydrogens is 647 g/mol. The number of carbonyl (C=O) groups is 1. The van der Waals surface area contributed by atoms with E-state index in [0.29, 0.717) is 5.39 Å². The number of H-pyrrole nitrogens is 1. The molecule has 18 heteroatoms. The zero-order valence-corrected chi connectivity index (χ0v) is 26.1. The molecule has 4 N–H and O–H groups in total. The van der Waals surface area contributed by atoms with Crippen LogP contribution in [0.4, 0.5) is 0 Å². The smallest absolute Gasteiger partial charge is 0.459 e. The number of aliphatic hydroxyl groups excluding tert-OH is 2. The molecule has 3 heterocycles. The Kier molecular flexibility index (Phi) is 9.26. The van der Waals surface area contributed by atoms with E-state index in [2.05, 4.69) is 30.1 Å². The second-order valence-electron chi connectivity index (χ2n) is 10.8. The molecule has 17 nitrogen and oxygen atoms in total. The normalized spacial score (nSPS) is 22.5. The van der Waals surface area contributed by atoms with Crippen molar-refractivity contribution in [3.05, 3.63) is 112 Å². The molecule has 2 unspecified atom stereocenters. The van der Waals surface area contributed by atoms with Crippen LogP contribution in [0, 0.1) is 0 Å². The molecule has 3 aromatic carbocycles. The van der Waals surface area contributed by atoms with Gasteiger partial charge in [-0.1, -0.05) is 71.8 Å². The molecule has 2 aromatic heterocycles. The number of nitrogens with zero attached hydrogens (tertiary/aromatic N) is 6. The molecule has 1 fully saturated rings. The number of fused-ring (bicyclic) bond motifs is 2. The molecular formula is C30H29N8O9P. The molecule has 6 atom stereocenters. The minimum atomic E-state index is -4.63. The van der Waals surface area contributed by atoms with Crippen molar-refractivity contribution in [2.75, 3.05) is 6.61 Å². The van der Waals surface area contributed by atoms with Gasteiger partial charge < -0.3 is 29.2 Å². The van der Waals surface area contributed by atoms with E-state index in [-0.39, 0.29) is 23.5 Å². The topological polar surface area (TPSA) is 236 Å². The average Bonchev–Trinajstić information content (AvgIpc) is 3.63. The standard InChI is InChI=1S/C30H29N8O9P/c1-18(29(42)44-14-19-8-3-2-4-9-19)35-48(43,47-22-13-7-11-20-10-5-6-12-21(20)22)45-15-30(36-37-31)25(40)24(39)28(46-30)38-17-34-23-26(38)32-16-33-27(23)41/h2-13,16-18,24-25,28,39-40H,14-15H2,1H3,(H,35,43)(H,32,33,41)/t18-,24+,25-,28+,30?,48?/m0/s1. The third kappa shape index (κ3) is 6.52. The highest BCUT2D eigenvalue weighted by atomic mass is 31.2. The molecule has 1 aliphatic heterocycles. The molecule has 48 heavy (non-hydrogen) atoms. The number of aromatic amines is 1. The number of aromatic nitrogens is 4. The fourth-order valence-electron chi connectivity index (χ4n) is 5.16. The second-order valence-corrected chi connectivity index (χ2v) is 12.5. The van der Waals surface area contributed by atoms with Gasteiger partial charge in [-0.15, -0.1) is 0 Å². The van der Waals surface area contributed by atoms with E-state index in [1.165, 1.54) is 11.5 Å². The summed E-state index contributed by atoms with van der Waals surface area (Å²) < 4.78 is 38.6. The minimum Gasteiger partial charge on any atom is -0.460 e. The van der Waals surface area contributed by atoms with E-state index in [0.717, 1.165) is 23.6 Å². The van der Waals surface area contributed by atoms with Gasteiger partial charge in [0.25, 0.3) is 5.56 Å². The van der Waals surface area contributed by atoms with Gasteiger partial charge in [0.15, 0.2) is 17.4 Å². The maximum Gasteiger partial charge on any atom is 0.459 e. The number of hydrogen-bond donors (Lipinski definition) is 4. The number of hydrogen-bond acceptors (Lipinski definition) is 12. The third-order valence-electron chi connectivity index (χ3n) is 7.59. The summed E-state index contributed by atoms with van der Waals surface area (Å²) >= 11 is 0. The van der Waals surface area contributed by atoms with E-state index in [9.17, 15) is 29.9 Å². The molecule has 1 aliphatic rings. The lowest BCUT2D eigenvalue weighted by Gasteiger charge is -2.29. The Morgan fingerprint density at radius 2 is 1.92 bits per heavy atom. The Bertz CT molecular complexity index is 2100. The molecule has 0 amide bonds. The number of ether oxygens (including phenoxy) is 2. The Labute approximate surface area is 271 Å². The van der Waals surface area contributed by atoms with E-state index >= 15 is 0 Å². The van der Waals surface area contributed by atoms with Crippen molar-refractivity contribution in [2.45, 2.75) is 43.7 Å². The number of nitrogens with one attached hydrogen (secondary N) is 2. The predicted octanol–water partition coefficient (Wildman–Crippen LogP) is 3.46. The first kappa shape index (κ1) is 32.8. The first-order valence-corrected chi connectivity index (χ1v) is 16.1. The summed E-state index contributed by atoms with van der Waals surface area (Å²) in [6.07, 6.45) is -2.93. The maximum atomic E-state index is 14.5. The summed E-state index contributed by atoms with van der Waals surface area (Å²) in [4.78, 5) is 38.3. The molecule has 0 saturated carbocycles. The average molecular weight is 677 g/mol. The van der Waals surface area contributed by atoms with Gasteiger partial charge in [-0.25, -0.2) is 14.5 Å². The van der Waals surface area contributed by atoms with Crippen molar-refractivity contribution in [3.63, 3.8) is 0 Å². The van der Waals surface area contributed by atoms with Crippen LogP contribution >= 0.6 is 7.75 Å². The molecule has 0 aliphatic carbocycles. The summed E-state index contributed by atoms with van der Waals surface area (Å²) in [5, 5.41) is 29.6. The number of imidazole rings is 1. The van der Waals surface area contributed by atoms with E-state index in [4.69, 9.17) is 18.5 Å². The van der Waals surface area contributed by atoms with Gasteiger partial charge in [0.05, 0.1) is 19.3 Å². The predicted molar refractivity (Wildman–Crippen MR) is 169 cm³/mol. The highest BCUT2D eigenvalue weighted by Crippen LogP contribution is 2.49. The zero-order chi connectivity index (χ0) is 33.9. The minimum absolute atomic E-state index is 0.00197. The monoisotopic (exact) mass is 676 g/mol. The van der Waals surface area contributed by atoms with Crippen molar-refractivity contribution in [1.82, 2.24) is 24.6 Å². The van der Waals surface area contributed by atoms with Crippen molar-refractivity contribution in [2.24, 2.45) is 5.11 Å². The van der Waals surface area contributed by atoms with Gasteiger partial charge in [0.2, 0.25) is 5.72 Å². The van der Waals surface area contributed by atoms with Crippen LogP contribution in [-0.4, -0.2) is 66.3 Å². The highest BCUT2D eigenvalue weighted by Gasteiger charge is 2.56. The maximum absolute atomic E-state index is 14.5. The van der Waals surface area contributed by atoms with Gasteiger partial charge in [-0.3, -0.25) is 18.7 Å². The largest absolute Gasteiger partial charge is 0.460 e. The third-order valence-corrected chi connectivity index (χ3v) is 9.20. The van der Waals surface area contributed by atoms with Gasteiger partial charge >= 0.3 is 13.7 Å². The van der Waals surface area contributed by atoms with Crippen molar-refractivity contribution >= 4 is 35.7 Å². The Morgan fingerprint density at radius 1 is 1.17 bits per heavy atom. The number of azide groups is 1. The molecule has 0 spiro atoms. The number of carbonyl (C=O) groups excluding carboxylic acids is 1. The molecule has 0 bridgehead atoms. The Hall–Kier alpha value is -5.12. The summed E-state index contributed by atoms with van der Waals surface area (Å²) in [7, 11) is -4.63. The Morgan fingerprint density at radius 3 is 2.71 bits per heavy atom. The fourth-order valence-corrected chi connectivity index (χ4v) is 6.70. The summed E-state index contributed by atoms with van der Waals surface area (Å²) in [6, 6.07) is 19.8. The van der Waals surface area contributed by atoms with Crippen LogP contribution in [0.2, 0.25) is 0 Å². The van der Waals surface area contributed by atoms with Gasteiger partial charge in [-0.2, -0.15) is 5.09 Å². The molecule has 0 radical (unpaired) electrons. The van der Waals surface area contributed by atoms with E-state index < -0.39 is 56.1 Å². The summed E-state index contributed by atoms with van der Waals surface area (Å²) in [5.41, 5.74) is 7.16. The van der Waals surface area contributed by atoms with Crippen molar-refractivity contribution < 1.29 is 38.1 Å². The lowest BCUT2D eigenvalue weighted by atomic mass is 10.1. The van der Waals surface area contributed by atoms with Crippen LogP contribution < -0.4 is 15.2 Å². The highest BCUT2D eigenvalue weighted by molar-refractivity contribution is 7.52. The first-order valence-electron chi connectivity index (χ1n) is 14.5. The molecule has 248 valence electrons. The lowest BCUT2D eigenvalue weighted by molar-refractivity contribution is -0.146. The number of rotatable bonds is 12. The van der Waals surface area contributed by atoms with Crippen molar-refractivity contribution in [3.8, 4) is 5.75 Å². The quantitative estimate of drug-likeness (QED) is 0.0489. The van der Waals surface area contributed by atoms with Crippen LogP contribution in [0.3, 0.4) is 0 Å². The van der Waals surface area contributed by atoms with Gasteiger partial charge in [0, 0.05) is 10.3 Å². The number of aliphatic hydroxyl groups is 2. The number of benzene rings is 3. The van der Waals surface area contributed by atoms with E-state index in [1.807, 2.05) is 24.3 Å². The summed E-state index contributed by atoms with van der Waals surface area (Å²) in [6.45, 7) is 0.399. The summed E-state index contributed by atoms with van der Waals surface area (Å²) in [5.74, 6) is -0.658. The van der Waals surface area contributed by atoms with Crippen molar-refractivity contribution in [1.29, 1.82) is 0 Å². The lowest BCUT2D eigenvalue weighted by Crippen LogP contribution is -2.45. The molecule has 6 rings (SSSR count). The number of esters is 1. The zero-order valence-electron chi connectivity index (χ0n) is 25.2. The van der Waals surface area contributed by atoms with Crippen LogP contribution in [0.5, 0.6) is 5.75 Å². The van der Waals surface area contributed by atoms with Crippen LogP contribution in [0.15, 0.2) is 95.4 Å².